The molecule has 0 unspecified atom stereocenters. The average molecular weight is 277 g/mol. The Bertz CT molecular complexity index is 230. The van der Waals surface area contributed by atoms with Crippen molar-refractivity contribution in [2.45, 2.75) is 47.3 Å². The van der Waals surface area contributed by atoms with Crippen LogP contribution in [0.1, 0.15) is 27.7 Å². The molecule has 0 amide bonds. The summed E-state index contributed by atoms with van der Waals surface area (Å²) in [5.41, 5.74) is 2.33. The van der Waals surface area contributed by atoms with Crippen molar-refractivity contribution in [3.05, 3.63) is 10.9 Å². The summed E-state index contributed by atoms with van der Waals surface area (Å²) < 4.78 is 17.6. The minimum atomic E-state index is -2.61. The molecular weight excluding hydrogens is 248 g/mol. The molecule has 0 radical (unpaired) electrons. The molecule has 5 heteroatoms. The van der Waals surface area contributed by atoms with Gasteiger partial charge in [-0.1, -0.05) is 25.3 Å². The van der Waals surface area contributed by atoms with Crippen LogP contribution < -0.4 is 0 Å². The van der Waals surface area contributed by atoms with Crippen LogP contribution in [0.2, 0.25) is 19.6 Å². The average Bonchev–Trinajstić information content (AvgIpc) is 2.16. The lowest BCUT2D eigenvalue weighted by atomic mass is 10.7. The molecule has 0 saturated carbocycles. The summed E-state index contributed by atoms with van der Waals surface area (Å²) in [6.07, 6.45) is 0. The van der Waals surface area contributed by atoms with Crippen LogP contribution in [-0.2, 0) is 13.3 Å². The van der Waals surface area contributed by atoms with Crippen molar-refractivity contribution in [1.29, 1.82) is 0 Å². The topological polar surface area (TPSA) is 27.7 Å². The molecule has 0 heterocycles. The van der Waals surface area contributed by atoms with Crippen molar-refractivity contribution in [1.82, 2.24) is 0 Å². The molecule has 0 saturated heterocycles. The smallest absolute Gasteiger partial charge is 0.371 e. The third-order valence-corrected chi connectivity index (χ3v) is 6.84. The third kappa shape index (κ3) is 5.97. The SMILES string of the molecule is CCO[Si](OCC)(OCC)C(C)=C[Si](C)(C)C. The Kier molecular flexibility index (Phi) is 7.50. The molecule has 0 aliphatic rings. The van der Waals surface area contributed by atoms with Crippen LogP contribution in [0.15, 0.2) is 10.9 Å². The highest BCUT2D eigenvalue weighted by atomic mass is 28.4. The summed E-state index contributed by atoms with van der Waals surface area (Å²) in [4.78, 5) is 0. The van der Waals surface area contributed by atoms with Gasteiger partial charge in [0.2, 0.25) is 0 Å². The van der Waals surface area contributed by atoms with E-state index >= 15 is 0 Å². The molecule has 0 aromatic heterocycles. The van der Waals surface area contributed by atoms with E-state index in [1.165, 1.54) is 5.20 Å². The van der Waals surface area contributed by atoms with Gasteiger partial charge in [-0.2, -0.15) is 0 Å². The van der Waals surface area contributed by atoms with Crippen LogP contribution in [-0.4, -0.2) is 36.7 Å². The Labute approximate surface area is 109 Å². The van der Waals surface area contributed by atoms with E-state index in [1.54, 1.807) is 0 Å². The van der Waals surface area contributed by atoms with E-state index in [0.29, 0.717) is 19.8 Å². The Hall–Kier alpha value is 0.0538. The van der Waals surface area contributed by atoms with E-state index in [-0.39, 0.29) is 0 Å². The highest BCUT2D eigenvalue weighted by molar-refractivity contribution is 6.83. The number of hydrogen-bond donors (Lipinski definition) is 0. The maximum Gasteiger partial charge on any atom is 0.531 e. The van der Waals surface area contributed by atoms with Crippen molar-refractivity contribution in [3.8, 4) is 0 Å². The van der Waals surface area contributed by atoms with Gasteiger partial charge in [0.25, 0.3) is 0 Å². The van der Waals surface area contributed by atoms with Crippen LogP contribution in [0.25, 0.3) is 0 Å². The largest absolute Gasteiger partial charge is 0.531 e. The Morgan fingerprint density at radius 3 is 1.47 bits per heavy atom. The van der Waals surface area contributed by atoms with Gasteiger partial charge in [-0.3, -0.25) is 0 Å². The van der Waals surface area contributed by atoms with Crippen LogP contribution in [0, 0.1) is 0 Å². The zero-order valence-corrected chi connectivity index (χ0v) is 14.4. The molecule has 0 N–H and O–H groups in total. The molecule has 102 valence electrons. The monoisotopic (exact) mass is 276 g/mol. The highest BCUT2D eigenvalue weighted by Gasteiger charge is 2.43. The van der Waals surface area contributed by atoms with Gasteiger partial charge >= 0.3 is 8.80 Å². The van der Waals surface area contributed by atoms with Crippen molar-refractivity contribution >= 4 is 16.9 Å². The molecule has 0 bridgehead atoms. The third-order valence-electron chi connectivity index (χ3n) is 2.14. The molecule has 0 aliphatic heterocycles. The fourth-order valence-electron chi connectivity index (χ4n) is 1.77. The molecule has 0 atom stereocenters. The first-order chi connectivity index (χ1) is 7.81. The Morgan fingerprint density at radius 2 is 1.24 bits per heavy atom. The minimum Gasteiger partial charge on any atom is -0.371 e. The Morgan fingerprint density at radius 1 is 0.882 bits per heavy atom. The molecule has 0 spiro atoms. The second-order valence-electron chi connectivity index (χ2n) is 5.05. The van der Waals surface area contributed by atoms with Crippen LogP contribution >= 0.6 is 0 Å². The fraction of sp³-hybridized carbons (Fsp3) is 0.833. The Balaban J connectivity index is 5.17. The van der Waals surface area contributed by atoms with E-state index < -0.39 is 16.9 Å². The summed E-state index contributed by atoms with van der Waals surface area (Å²) in [6.45, 7) is 16.9. The second kappa shape index (κ2) is 7.48. The first kappa shape index (κ1) is 17.1. The lowest BCUT2D eigenvalue weighted by Gasteiger charge is -2.30. The summed E-state index contributed by atoms with van der Waals surface area (Å²) in [5, 5.41) is 1.17. The van der Waals surface area contributed by atoms with Crippen LogP contribution in [0.3, 0.4) is 0 Å². The predicted octanol–water partition coefficient (Wildman–Crippen LogP) is 3.40. The van der Waals surface area contributed by atoms with Crippen molar-refractivity contribution in [2.75, 3.05) is 19.8 Å². The maximum absolute atomic E-state index is 5.87. The molecule has 0 rings (SSSR count). The van der Waals surface area contributed by atoms with E-state index in [0.717, 1.165) is 0 Å². The summed E-state index contributed by atoms with van der Waals surface area (Å²) in [5.74, 6) is 0. The van der Waals surface area contributed by atoms with E-state index in [9.17, 15) is 0 Å². The summed E-state index contributed by atoms with van der Waals surface area (Å²) in [7, 11) is -3.90. The number of hydrogen-bond acceptors (Lipinski definition) is 3. The molecule has 0 fully saturated rings. The first-order valence-electron chi connectivity index (χ1n) is 6.43. The zero-order valence-electron chi connectivity index (χ0n) is 12.4. The highest BCUT2D eigenvalue weighted by Crippen LogP contribution is 2.22. The normalized spacial score (nSPS) is 14.2. The van der Waals surface area contributed by atoms with Crippen LogP contribution in [0.5, 0.6) is 0 Å². The lowest BCUT2D eigenvalue weighted by Crippen LogP contribution is -2.48. The van der Waals surface area contributed by atoms with Gasteiger partial charge in [-0.05, 0) is 32.9 Å². The minimum absolute atomic E-state index is 0.628. The van der Waals surface area contributed by atoms with E-state index in [4.69, 9.17) is 13.3 Å². The summed E-state index contributed by atoms with van der Waals surface area (Å²) >= 11 is 0. The van der Waals surface area contributed by atoms with Gasteiger partial charge < -0.3 is 13.3 Å². The lowest BCUT2D eigenvalue weighted by molar-refractivity contribution is 0.0808. The standard InChI is InChI=1S/C12H28O3Si2/c1-8-13-17(14-9-2,15-10-3)12(4)11-16(5,6)7/h11H,8-10H2,1-7H3. The molecule has 0 aromatic carbocycles. The second-order valence-corrected chi connectivity index (χ2v) is 12.8. The zero-order chi connectivity index (χ0) is 13.5. The first-order valence-corrected chi connectivity index (χ1v) is 11.7. The number of allylic oxidation sites excluding steroid dienone is 1. The predicted molar refractivity (Wildman–Crippen MR) is 77.7 cm³/mol. The summed E-state index contributed by atoms with van der Waals surface area (Å²) in [6, 6.07) is 0. The maximum atomic E-state index is 5.87. The van der Waals surface area contributed by atoms with Gasteiger partial charge in [-0.25, -0.2) is 0 Å². The number of rotatable bonds is 8. The fourth-order valence-corrected chi connectivity index (χ4v) is 7.15. The van der Waals surface area contributed by atoms with Gasteiger partial charge in [0.15, 0.2) is 0 Å². The van der Waals surface area contributed by atoms with Gasteiger partial charge in [0, 0.05) is 19.8 Å². The molecule has 0 aromatic rings. The van der Waals surface area contributed by atoms with E-state index in [1.807, 2.05) is 20.8 Å². The van der Waals surface area contributed by atoms with Gasteiger partial charge in [0.1, 0.15) is 0 Å². The van der Waals surface area contributed by atoms with Crippen molar-refractivity contribution < 1.29 is 13.3 Å². The quantitative estimate of drug-likeness (QED) is 0.636. The van der Waals surface area contributed by atoms with Gasteiger partial charge in [-0.15, -0.1) is 0 Å². The molecule has 3 nitrogen and oxygen atoms in total. The van der Waals surface area contributed by atoms with E-state index in [2.05, 4.69) is 32.3 Å². The van der Waals surface area contributed by atoms with Crippen molar-refractivity contribution in [2.24, 2.45) is 0 Å². The molecular formula is C12H28O3Si2. The molecule has 0 aliphatic carbocycles. The van der Waals surface area contributed by atoms with Gasteiger partial charge in [0.05, 0.1) is 8.07 Å². The molecule has 17 heavy (non-hydrogen) atoms. The van der Waals surface area contributed by atoms with Crippen molar-refractivity contribution in [3.63, 3.8) is 0 Å². The van der Waals surface area contributed by atoms with Crippen LogP contribution in [0.4, 0.5) is 0 Å².